The lowest BCUT2D eigenvalue weighted by atomic mass is 10.3. The molecule has 0 atom stereocenters. The third-order valence-corrected chi connectivity index (χ3v) is 1.66. The third kappa shape index (κ3) is 1.35. The fourth-order valence-corrected chi connectivity index (χ4v) is 1.07. The van der Waals surface area contributed by atoms with Gasteiger partial charge in [-0.15, -0.1) is 10.2 Å². The predicted octanol–water partition coefficient (Wildman–Crippen LogP) is 0.989. The minimum absolute atomic E-state index is 0.241. The monoisotopic (exact) mass is 178 g/mol. The summed E-state index contributed by atoms with van der Waals surface area (Å²) in [6.07, 6.45) is 1.43. The van der Waals surface area contributed by atoms with Crippen molar-refractivity contribution in [3.05, 3.63) is 36.4 Å². The highest BCUT2D eigenvalue weighted by atomic mass is 19.1. The summed E-state index contributed by atoms with van der Waals surface area (Å²) in [5, 5.41) is 7.18. The molecule has 0 saturated heterocycles. The Morgan fingerprint density at radius 2 is 2.23 bits per heavy atom. The molecule has 2 rings (SSSR count). The number of benzene rings is 1. The molecule has 0 amide bonds. The number of halogens is 1. The minimum atomic E-state index is -0.314. The van der Waals surface area contributed by atoms with E-state index in [0.717, 1.165) is 0 Å². The van der Waals surface area contributed by atoms with E-state index in [4.69, 9.17) is 5.73 Å². The first-order valence-electron chi connectivity index (χ1n) is 3.69. The van der Waals surface area contributed by atoms with E-state index in [1.165, 1.54) is 23.0 Å². The van der Waals surface area contributed by atoms with Crippen LogP contribution in [-0.4, -0.2) is 14.8 Å². The van der Waals surface area contributed by atoms with Crippen LogP contribution in [0.25, 0.3) is 5.69 Å². The van der Waals surface area contributed by atoms with E-state index in [1.54, 1.807) is 12.1 Å². The highest BCUT2D eigenvalue weighted by Gasteiger charge is 2.01. The van der Waals surface area contributed by atoms with Gasteiger partial charge in [-0.3, -0.25) is 4.57 Å². The molecule has 4 nitrogen and oxygen atoms in total. The Morgan fingerprint density at radius 3 is 2.85 bits per heavy atom. The molecule has 0 aliphatic carbocycles. The standard InChI is InChI=1S/C8H7FN4/c9-6-2-1-3-7(4-6)13-5-11-12-8(13)10/h1-5H,(H2,10,12). The molecule has 66 valence electrons. The maximum Gasteiger partial charge on any atom is 0.226 e. The Bertz CT molecular complexity index is 424. The molecule has 5 heteroatoms. The van der Waals surface area contributed by atoms with Gasteiger partial charge < -0.3 is 5.73 Å². The third-order valence-electron chi connectivity index (χ3n) is 1.66. The van der Waals surface area contributed by atoms with Crippen LogP contribution in [0.2, 0.25) is 0 Å². The number of anilines is 1. The Morgan fingerprint density at radius 1 is 1.38 bits per heavy atom. The van der Waals surface area contributed by atoms with Gasteiger partial charge in [-0.2, -0.15) is 0 Å². The predicted molar refractivity (Wildman–Crippen MR) is 45.7 cm³/mol. The first kappa shape index (κ1) is 7.72. The molecule has 1 heterocycles. The molecule has 0 aliphatic rings. The topological polar surface area (TPSA) is 56.7 Å². The molecular weight excluding hydrogens is 171 g/mol. The molecule has 13 heavy (non-hydrogen) atoms. The van der Waals surface area contributed by atoms with Crippen molar-refractivity contribution in [2.24, 2.45) is 0 Å². The van der Waals surface area contributed by atoms with Crippen LogP contribution in [-0.2, 0) is 0 Å². The second kappa shape index (κ2) is 2.85. The molecule has 0 fully saturated rings. The molecule has 0 saturated carbocycles. The van der Waals surface area contributed by atoms with Crippen molar-refractivity contribution in [2.75, 3.05) is 5.73 Å². The van der Waals surface area contributed by atoms with Crippen molar-refractivity contribution in [3.8, 4) is 5.69 Å². The van der Waals surface area contributed by atoms with Crippen molar-refractivity contribution in [2.45, 2.75) is 0 Å². The Kier molecular flexibility index (Phi) is 1.70. The number of rotatable bonds is 1. The van der Waals surface area contributed by atoms with E-state index in [-0.39, 0.29) is 11.8 Å². The molecule has 0 spiro atoms. The average Bonchev–Trinajstić information content (AvgIpc) is 2.51. The zero-order valence-electron chi connectivity index (χ0n) is 6.68. The highest BCUT2D eigenvalue weighted by Crippen LogP contribution is 2.11. The van der Waals surface area contributed by atoms with Crippen LogP contribution in [0, 0.1) is 5.82 Å². The zero-order valence-corrected chi connectivity index (χ0v) is 6.68. The second-order valence-electron chi connectivity index (χ2n) is 2.54. The van der Waals surface area contributed by atoms with Gasteiger partial charge >= 0.3 is 0 Å². The summed E-state index contributed by atoms with van der Waals surface area (Å²) in [7, 11) is 0. The first-order chi connectivity index (χ1) is 6.27. The SMILES string of the molecule is Nc1nncn1-c1cccc(F)c1. The van der Waals surface area contributed by atoms with E-state index < -0.39 is 0 Å². The second-order valence-corrected chi connectivity index (χ2v) is 2.54. The average molecular weight is 178 g/mol. The number of hydrogen-bond acceptors (Lipinski definition) is 3. The van der Waals surface area contributed by atoms with Gasteiger partial charge in [0.15, 0.2) is 0 Å². The van der Waals surface area contributed by atoms with E-state index in [1.807, 2.05) is 0 Å². The summed E-state index contributed by atoms with van der Waals surface area (Å²) >= 11 is 0. The van der Waals surface area contributed by atoms with Crippen molar-refractivity contribution < 1.29 is 4.39 Å². The van der Waals surface area contributed by atoms with Gasteiger partial charge in [-0.25, -0.2) is 4.39 Å². The number of aromatic nitrogens is 3. The van der Waals surface area contributed by atoms with Crippen molar-refractivity contribution in [3.63, 3.8) is 0 Å². The van der Waals surface area contributed by atoms with E-state index in [0.29, 0.717) is 5.69 Å². The van der Waals surface area contributed by atoms with Crippen molar-refractivity contribution in [1.82, 2.24) is 14.8 Å². The fraction of sp³-hybridized carbons (Fsp3) is 0. The molecule has 0 unspecified atom stereocenters. The Labute approximate surface area is 73.8 Å². The lowest BCUT2D eigenvalue weighted by molar-refractivity contribution is 0.626. The lowest BCUT2D eigenvalue weighted by Gasteiger charge is -2.01. The summed E-state index contributed by atoms with van der Waals surface area (Å²) in [4.78, 5) is 0. The summed E-state index contributed by atoms with van der Waals surface area (Å²) in [5.41, 5.74) is 6.10. The van der Waals surface area contributed by atoms with Crippen LogP contribution in [0.1, 0.15) is 0 Å². The molecular formula is C8H7FN4. The van der Waals surface area contributed by atoms with Gasteiger partial charge in [0, 0.05) is 0 Å². The van der Waals surface area contributed by atoms with Gasteiger partial charge in [0.05, 0.1) is 5.69 Å². The van der Waals surface area contributed by atoms with E-state index in [9.17, 15) is 4.39 Å². The number of hydrogen-bond donors (Lipinski definition) is 1. The van der Waals surface area contributed by atoms with Gasteiger partial charge in [-0.1, -0.05) is 6.07 Å². The normalized spacial score (nSPS) is 10.2. The van der Waals surface area contributed by atoms with Crippen LogP contribution in [0.3, 0.4) is 0 Å². The molecule has 2 aromatic rings. The van der Waals surface area contributed by atoms with Gasteiger partial charge in [0.1, 0.15) is 12.1 Å². The lowest BCUT2D eigenvalue weighted by Crippen LogP contribution is -1.99. The Hall–Kier alpha value is -1.91. The molecule has 0 bridgehead atoms. The first-order valence-corrected chi connectivity index (χ1v) is 3.69. The van der Waals surface area contributed by atoms with Crippen LogP contribution in [0.5, 0.6) is 0 Å². The summed E-state index contributed by atoms with van der Waals surface area (Å²) in [6.45, 7) is 0. The molecule has 0 radical (unpaired) electrons. The quantitative estimate of drug-likeness (QED) is 0.708. The van der Waals surface area contributed by atoms with Crippen LogP contribution in [0.4, 0.5) is 10.3 Å². The molecule has 1 aromatic carbocycles. The summed E-state index contributed by atoms with van der Waals surface area (Å²) in [5.74, 6) is -0.0730. The van der Waals surface area contributed by atoms with Crippen LogP contribution in [0.15, 0.2) is 30.6 Å². The van der Waals surface area contributed by atoms with Crippen molar-refractivity contribution in [1.29, 1.82) is 0 Å². The summed E-state index contributed by atoms with van der Waals surface area (Å²) < 4.78 is 14.3. The molecule has 0 aliphatic heterocycles. The number of nitrogens with two attached hydrogens (primary N) is 1. The number of nitrogen functional groups attached to an aromatic ring is 1. The molecule has 1 aromatic heterocycles. The number of nitrogens with zero attached hydrogens (tertiary/aromatic N) is 3. The van der Waals surface area contributed by atoms with Crippen molar-refractivity contribution >= 4 is 5.95 Å². The highest BCUT2D eigenvalue weighted by molar-refractivity contribution is 5.37. The Balaban J connectivity index is 2.53. The largest absolute Gasteiger partial charge is 0.368 e. The fourth-order valence-electron chi connectivity index (χ4n) is 1.07. The van der Waals surface area contributed by atoms with E-state index in [2.05, 4.69) is 10.2 Å². The zero-order chi connectivity index (χ0) is 9.26. The van der Waals surface area contributed by atoms with Gasteiger partial charge in [0.25, 0.3) is 0 Å². The van der Waals surface area contributed by atoms with Gasteiger partial charge in [-0.05, 0) is 18.2 Å². The minimum Gasteiger partial charge on any atom is -0.368 e. The smallest absolute Gasteiger partial charge is 0.226 e. The van der Waals surface area contributed by atoms with Crippen LogP contribution < -0.4 is 5.73 Å². The van der Waals surface area contributed by atoms with E-state index >= 15 is 0 Å². The van der Waals surface area contributed by atoms with Crippen LogP contribution >= 0.6 is 0 Å². The molecule has 2 N–H and O–H groups in total. The maximum atomic E-state index is 12.8. The summed E-state index contributed by atoms with van der Waals surface area (Å²) in [6, 6.07) is 6.05. The van der Waals surface area contributed by atoms with Gasteiger partial charge in [0.2, 0.25) is 5.95 Å². The maximum absolute atomic E-state index is 12.8.